The topological polar surface area (TPSA) is 80.5 Å². The number of amides is 2. The van der Waals surface area contributed by atoms with Gasteiger partial charge < -0.3 is 15.4 Å². The molecule has 2 N–H and O–H groups in total. The van der Waals surface area contributed by atoms with Crippen molar-refractivity contribution in [1.82, 2.24) is 19.9 Å². The molecule has 146 valence electrons. The van der Waals surface area contributed by atoms with Gasteiger partial charge >= 0.3 is 6.03 Å². The van der Waals surface area contributed by atoms with Crippen LogP contribution in [0.25, 0.3) is 5.65 Å². The Morgan fingerprint density at radius 2 is 1.86 bits per heavy atom. The Kier molecular flexibility index (Phi) is 5.38. The van der Waals surface area contributed by atoms with Crippen LogP contribution in [0.3, 0.4) is 0 Å². The minimum atomic E-state index is -0.342. The smallest absolute Gasteiger partial charge is 0.319 e. The molecule has 2 aromatic heterocycles. The average molecular weight is 387 g/mol. The zero-order valence-corrected chi connectivity index (χ0v) is 16.0. The van der Waals surface area contributed by atoms with Gasteiger partial charge in [0.15, 0.2) is 11.5 Å². The number of carbonyl (C=O) groups is 1. The summed E-state index contributed by atoms with van der Waals surface area (Å²) in [5.74, 6) is 1.28. The molecule has 0 aliphatic heterocycles. The molecule has 0 saturated carbocycles. The Balaban J connectivity index is 1.41. The van der Waals surface area contributed by atoms with Crippen molar-refractivity contribution in [3.05, 3.63) is 89.9 Å². The van der Waals surface area contributed by atoms with Gasteiger partial charge in [0.25, 0.3) is 0 Å². The van der Waals surface area contributed by atoms with Crippen LogP contribution in [0.15, 0.2) is 72.9 Å². The number of aryl methyl sites for hydroxylation is 1. The molecule has 0 unspecified atom stereocenters. The molecule has 0 spiro atoms. The predicted octanol–water partition coefficient (Wildman–Crippen LogP) is 3.94. The molecule has 0 radical (unpaired) electrons. The number of hydrogen-bond donors (Lipinski definition) is 2. The van der Waals surface area contributed by atoms with Crippen molar-refractivity contribution in [1.29, 1.82) is 0 Å². The van der Waals surface area contributed by atoms with Crippen molar-refractivity contribution in [3.8, 4) is 5.75 Å². The number of benzene rings is 2. The van der Waals surface area contributed by atoms with E-state index in [4.69, 9.17) is 4.74 Å². The molecule has 7 nitrogen and oxygen atoms in total. The highest BCUT2D eigenvalue weighted by atomic mass is 16.5. The second kappa shape index (κ2) is 8.43. The van der Waals surface area contributed by atoms with E-state index < -0.39 is 0 Å². The van der Waals surface area contributed by atoms with Crippen molar-refractivity contribution >= 4 is 17.4 Å². The number of hydrogen-bond acceptors (Lipinski definition) is 4. The number of aromatic nitrogens is 3. The number of pyridine rings is 1. The van der Waals surface area contributed by atoms with Gasteiger partial charge in [-0.25, -0.2) is 4.79 Å². The third-order valence-electron chi connectivity index (χ3n) is 4.41. The van der Waals surface area contributed by atoms with E-state index in [1.807, 2.05) is 84.3 Å². The summed E-state index contributed by atoms with van der Waals surface area (Å²) in [5.41, 5.74) is 3.45. The molecule has 0 atom stereocenters. The molecule has 0 aliphatic carbocycles. The molecular weight excluding hydrogens is 366 g/mol. The lowest BCUT2D eigenvalue weighted by molar-refractivity contribution is 0.251. The molecule has 0 saturated heterocycles. The summed E-state index contributed by atoms with van der Waals surface area (Å²) in [6.45, 7) is 2.66. The van der Waals surface area contributed by atoms with Crippen molar-refractivity contribution < 1.29 is 9.53 Å². The van der Waals surface area contributed by atoms with E-state index >= 15 is 0 Å². The van der Waals surface area contributed by atoms with E-state index in [1.165, 1.54) is 0 Å². The fourth-order valence-corrected chi connectivity index (χ4v) is 2.92. The fourth-order valence-electron chi connectivity index (χ4n) is 2.92. The standard InChI is InChI=1S/C22H21N5O2/c1-16-10-11-18(19(13-16)29-15-17-7-3-2-4-8-17)24-22(28)23-14-21-26-25-20-9-5-6-12-27(20)21/h2-13H,14-15H2,1H3,(H2,23,24,28). The van der Waals surface area contributed by atoms with Gasteiger partial charge in [-0.2, -0.15) is 0 Å². The SMILES string of the molecule is Cc1ccc(NC(=O)NCc2nnc3ccccn23)c(OCc2ccccc2)c1. The first-order chi connectivity index (χ1) is 14.2. The van der Waals surface area contributed by atoms with Gasteiger partial charge in [-0.3, -0.25) is 4.40 Å². The fraction of sp³-hybridized carbons (Fsp3) is 0.136. The minimum Gasteiger partial charge on any atom is -0.487 e. The Bertz CT molecular complexity index is 1120. The summed E-state index contributed by atoms with van der Waals surface area (Å²) in [5, 5.41) is 13.9. The Morgan fingerprint density at radius 1 is 1.03 bits per heavy atom. The van der Waals surface area contributed by atoms with Crippen molar-refractivity contribution in [2.24, 2.45) is 0 Å². The van der Waals surface area contributed by atoms with E-state index in [0.29, 0.717) is 23.9 Å². The van der Waals surface area contributed by atoms with E-state index in [0.717, 1.165) is 16.8 Å². The van der Waals surface area contributed by atoms with Crippen LogP contribution >= 0.6 is 0 Å². The van der Waals surface area contributed by atoms with Crippen LogP contribution in [-0.2, 0) is 13.2 Å². The number of urea groups is 1. The first-order valence-corrected chi connectivity index (χ1v) is 9.30. The Morgan fingerprint density at radius 3 is 2.72 bits per heavy atom. The zero-order chi connectivity index (χ0) is 20.1. The first kappa shape index (κ1) is 18.5. The lowest BCUT2D eigenvalue weighted by atomic mass is 10.2. The van der Waals surface area contributed by atoms with Crippen molar-refractivity contribution in [2.45, 2.75) is 20.1 Å². The van der Waals surface area contributed by atoms with Crippen molar-refractivity contribution in [2.75, 3.05) is 5.32 Å². The van der Waals surface area contributed by atoms with Crippen LogP contribution in [0.1, 0.15) is 17.0 Å². The summed E-state index contributed by atoms with van der Waals surface area (Å²) < 4.78 is 7.78. The highest BCUT2D eigenvalue weighted by Crippen LogP contribution is 2.26. The molecule has 2 amide bonds. The Labute approximate surface area is 168 Å². The number of rotatable bonds is 6. The van der Waals surface area contributed by atoms with Crippen LogP contribution in [-0.4, -0.2) is 20.6 Å². The quantitative estimate of drug-likeness (QED) is 0.525. The van der Waals surface area contributed by atoms with Gasteiger partial charge in [0.1, 0.15) is 12.4 Å². The number of nitrogens with zero attached hydrogens (tertiary/aromatic N) is 3. The molecule has 0 aliphatic rings. The lowest BCUT2D eigenvalue weighted by Gasteiger charge is -2.14. The number of fused-ring (bicyclic) bond motifs is 1. The number of ether oxygens (including phenoxy) is 1. The third kappa shape index (κ3) is 4.52. The normalized spacial score (nSPS) is 10.7. The largest absolute Gasteiger partial charge is 0.487 e. The average Bonchev–Trinajstić information content (AvgIpc) is 3.16. The first-order valence-electron chi connectivity index (χ1n) is 9.30. The van der Waals surface area contributed by atoms with E-state index in [1.54, 1.807) is 0 Å². The van der Waals surface area contributed by atoms with E-state index in [2.05, 4.69) is 20.8 Å². The van der Waals surface area contributed by atoms with Crippen LogP contribution in [0.4, 0.5) is 10.5 Å². The van der Waals surface area contributed by atoms with Crippen LogP contribution < -0.4 is 15.4 Å². The highest BCUT2D eigenvalue weighted by Gasteiger charge is 2.10. The van der Waals surface area contributed by atoms with Gasteiger partial charge in [0, 0.05) is 6.20 Å². The zero-order valence-electron chi connectivity index (χ0n) is 16.0. The lowest BCUT2D eigenvalue weighted by Crippen LogP contribution is -2.29. The molecule has 7 heteroatoms. The van der Waals surface area contributed by atoms with Crippen molar-refractivity contribution in [3.63, 3.8) is 0 Å². The molecule has 4 aromatic rings. The summed E-state index contributed by atoms with van der Waals surface area (Å²) >= 11 is 0. The maximum Gasteiger partial charge on any atom is 0.319 e. The van der Waals surface area contributed by atoms with Crippen LogP contribution in [0.5, 0.6) is 5.75 Å². The number of anilines is 1. The molecule has 2 aromatic carbocycles. The molecular formula is C22H21N5O2. The van der Waals surface area contributed by atoms with Crippen LogP contribution in [0, 0.1) is 6.92 Å². The third-order valence-corrected chi connectivity index (χ3v) is 4.41. The van der Waals surface area contributed by atoms with Gasteiger partial charge in [-0.15, -0.1) is 10.2 Å². The minimum absolute atomic E-state index is 0.253. The van der Waals surface area contributed by atoms with Gasteiger partial charge in [-0.1, -0.05) is 42.5 Å². The molecule has 29 heavy (non-hydrogen) atoms. The molecule has 4 rings (SSSR count). The molecule has 0 bridgehead atoms. The second-order valence-electron chi connectivity index (χ2n) is 6.63. The molecule has 0 fully saturated rings. The van der Waals surface area contributed by atoms with Gasteiger partial charge in [0.05, 0.1) is 12.2 Å². The second-order valence-corrected chi connectivity index (χ2v) is 6.63. The number of carbonyl (C=O) groups excluding carboxylic acids is 1. The monoisotopic (exact) mass is 387 g/mol. The summed E-state index contributed by atoms with van der Waals surface area (Å²) in [6.07, 6.45) is 1.86. The summed E-state index contributed by atoms with van der Waals surface area (Å²) in [4.78, 5) is 12.4. The van der Waals surface area contributed by atoms with Gasteiger partial charge in [-0.05, 0) is 42.3 Å². The summed E-state index contributed by atoms with van der Waals surface area (Å²) in [6, 6.07) is 20.9. The van der Waals surface area contributed by atoms with E-state index in [9.17, 15) is 4.79 Å². The number of nitrogens with one attached hydrogen (secondary N) is 2. The predicted molar refractivity (Wildman–Crippen MR) is 111 cm³/mol. The van der Waals surface area contributed by atoms with E-state index in [-0.39, 0.29) is 12.6 Å². The van der Waals surface area contributed by atoms with Crippen LogP contribution in [0.2, 0.25) is 0 Å². The Hall–Kier alpha value is -3.87. The maximum absolute atomic E-state index is 12.4. The van der Waals surface area contributed by atoms with Gasteiger partial charge in [0.2, 0.25) is 0 Å². The molecule has 2 heterocycles. The summed E-state index contributed by atoms with van der Waals surface area (Å²) in [7, 11) is 0. The maximum atomic E-state index is 12.4. The highest BCUT2D eigenvalue weighted by molar-refractivity contribution is 5.90.